The van der Waals surface area contributed by atoms with Crippen LogP contribution >= 0.6 is 24.0 Å². The summed E-state index contributed by atoms with van der Waals surface area (Å²) in [6, 6.07) is 3.71. The maximum absolute atomic E-state index is 13.2. The second-order valence-corrected chi connectivity index (χ2v) is 8.22. The SMILES string of the molecule is C=CCNc1nc2c(C)cccn2c(=O)c1/C=C1\SC(=S)N(C(C)CC)C1=O. The number of rotatable bonds is 6. The van der Waals surface area contributed by atoms with Gasteiger partial charge in [-0.3, -0.25) is 18.9 Å². The smallest absolute Gasteiger partial charge is 0.267 e. The van der Waals surface area contributed by atoms with E-state index in [1.54, 1.807) is 29.3 Å². The van der Waals surface area contributed by atoms with Crippen molar-refractivity contribution in [2.45, 2.75) is 33.2 Å². The summed E-state index contributed by atoms with van der Waals surface area (Å²) in [5, 5.41) is 3.11. The number of anilines is 1. The van der Waals surface area contributed by atoms with E-state index >= 15 is 0 Å². The van der Waals surface area contributed by atoms with Gasteiger partial charge in [0.2, 0.25) is 0 Å². The molecule has 3 rings (SSSR count). The van der Waals surface area contributed by atoms with Gasteiger partial charge in [-0.1, -0.05) is 43.0 Å². The maximum atomic E-state index is 13.2. The first kappa shape index (κ1) is 20.3. The number of thioether (sulfide) groups is 1. The highest BCUT2D eigenvalue weighted by Crippen LogP contribution is 2.34. The van der Waals surface area contributed by atoms with Crippen LogP contribution < -0.4 is 10.9 Å². The molecule has 1 unspecified atom stereocenters. The lowest BCUT2D eigenvalue weighted by molar-refractivity contribution is -0.123. The number of hydrogen-bond donors (Lipinski definition) is 1. The van der Waals surface area contributed by atoms with Gasteiger partial charge in [0.15, 0.2) is 0 Å². The summed E-state index contributed by atoms with van der Waals surface area (Å²) < 4.78 is 2.01. The summed E-state index contributed by atoms with van der Waals surface area (Å²) in [6.07, 6.45) is 5.76. The second-order valence-electron chi connectivity index (χ2n) is 6.54. The van der Waals surface area contributed by atoms with Gasteiger partial charge in [-0.25, -0.2) is 4.98 Å². The summed E-state index contributed by atoms with van der Waals surface area (Å²) in [6.45, 7) is 10.0. The van der Waals surface area contributed by atoms with Crippen molar-refractivity contribution in [1.82, 2.24) is 14.3 Å². The molecule has 0 aliphatic carbocycles. The van der Waals surface area contributed by atoms with E-state index in [0.717, 1.165) is 12.0 Å². The Morgan fingerprint density at radius 1 is 1.43 bits per heavy atom. The van der Waals surface area contributed by atoms with Crippen LogP contribution in [0.1, 0.15) is 31.4 Å². The number of pyridine rings is 1. The number of hydrogen-bond acceptors (Lipinski definition) is 6. The Bertz CT molecular complexity index is 1060. The first-order valence-electron chi connectivity index (χ1n) is 9.02. The first-order chi connectivity index (χ1) is 13.4. The largest absolute Gasteiger partial charge is 0.366 e. The van der Waals surface area contributed by atoms with Crippen LogP contribution in [0.2, 0.25) is 0 Å². The van der Waals surface area contributed by atoms with E-state index in [0.29, 0.717) is 32.8 Å². The topological polar surface area (TPSA) is 66.7 Å². The zero-order valence-corrected chi connectivity index (χ0v) is 17.7. The molecule has 1 N–H and O–H groups in total. The Labute approximate surface area is 173 Å². The Balaban J connectivity index is 2.17. The van der Waals surface area contributed by atoms with Crippen LogP contribution in [0.15, 0.2) is 40.7 Å². The molecule has 2 aromatic heterocycles. The van der Waals surface area contributed by atoms with Crippen molar-refractivity contribution in [3.05, 3.63) is 57.4 Å². The van der Waals surface area contributed by atoms with E-state index in [2.05, 4.69) is 16.9 Å². The highest BCUT2D eigenvalue weighted by atomic mass is 32.2. The fraction of sp³-hybridized carbons (Fsp3) is 0.300. The molecular formula is C20H22N4O2S2. The van der Waals surface area contributed by atoms with Crippen molar-refractivity contribution in [2.75, 3.05) is 11.9 Å². The lowest BCUT2D eigenvalue weighted by atomic mass is 10.2. The lowest BCUT2D eigenvalue weighted by Gasteiger charge is -2.21. The van der Waals surface area contributed by atoms with Gasteiger partial charge in [0.25, 0.3) is 11.5 Å². The molecule has 1 saturated heterocycles. The molecule has 1 fully saturated rings. The minimum absolute atomic E-state index is 0.00948. The van der Waals surface area contributed by atoms with Gasteiger partial charge in [0.1, 0.15) is 15.8 Å². The number of aromatic nitrogens is 2. The molecule has 1 aliphatic rings. The number of carbonyl (C=O) groups is 1. The van der Waals surface area contributed by atoms with Gasteiger partial charge >= 0.3 is 0 Å². The van der Waals surface area contributed by atoms with E-state index in [1.807, 2.05) is 26.8 Å². The average Bonchev–Trinajstić information content (AvgIpc) is 2.96. The van der Waals surface area contributed by atoms with E-state index < -0.39 is 0 Å². The van der Waals surface area contributed by atoms with E-state index in [9.17, 15) is 9.59 Å². The fourth-order valence-electron chi connectivity index (χ4n) is 2.92. The molecule has 1 atom stereocenters. The van der Waals surface area contributed by atoms with Gasteiger partial charge in [-0.15, -0.1) is 6.58 Å². The Morgan fingerprint density at radius 2 is 2.18 bits per heavy atom. The number of amides is 1. The predicted octanol–water partition coefficient (Wildman–Crippen LogP) is 3.60. The molecule has 1 amide bonds. The summed E-state index contributed by atoms with van der Waals surface area (Å²) in [4.78, 5) is 32.7. The number of nitrogens with one attached hydrogen (secondary N) is 1. The Morgan fingerprint density at radius 3 is 2.86 bits per heavy atom. The minimum Gasteiger partial charge on any atom is -0.366 e. The second kappa shape index (κ2) is 8.28. The van der Waals surface area contributed by atoms with E-state index in [-0.39, 0.29) is 17.5 Å². The molecule has 0 bridgehead atoms. The molecule has 6 nitrogen and oxygen atoms in total. The zero-order chi connectivity index (χ0) is 20.4. The van der Waals surface area contributed by atoms with Gasteiger partial charge in [-0.2, -0.15) is 0 Å². The molecule has 8 heteroatoms. The van der Waals surface area contributed by atoms with Crippen LogP contribution in [-0.4, -0.2) is 37.1 Å². The average molecular weight is 415 g/mol. The van der Waals surface area contributed by atoms with Crippen molar-refractivity contribution in [1.29, 1.82) is 0 Å². The zero-order valence-electron chi connectivity index (χ0n) is 16.1. The predicted molar refractivity (Wildman–Crippen MR) is 120 cm³/mol. The summed E-state index contributed by atoms with van der Waals surface area (Å²) >= 11 is 6.60. The van der Waals surface area contributed by atoms with Crippen LogP contribution in [0.3, 0.4) is 0 Å². The third kappa shape index (κ3) is 3.62. The monoisotopic (exact) mass is 414 g/mol. The lowest BCUT2D eigenvalue weighted by Crippen LogP contribution is -2.36. The highest BCUT2D eigenvalue weighted by Gasteiger charge is 2.35. The van der Waals surface area contributed by atoms with Crippen molar-refractivity contribution in [2.24, 2.45) is 0 Å². The molecule has 28 heavy (non-hydrogen) atoms. The standard InChI is InChI=1S/C20H22N4O2S2/c1-5-9-21-16-14(18(25)23-10-7-8-12(3)17(23)22-16)11-15-19(26)24(13(4)6-2)20(27)28-15/h5,7-8,10-11,13,21H,1,6,9H2,2-4H3/b15-11-. The summed E-state index contributed by atoms with van der Waals surface area (Å²) in [5.74, 6) is 0.251. The molecule has 3 heterocycles. The van der Waals surface area contributed by atoms with Crippen LogP contribution in [0.5, 0.6) is 0 Å². The fourth-order valence-corrected chi connectivity index (χ4v) is 4.36. The molecule has 1 aliphatic heterocycles. The van der Waals surface area contributed by atoms with Crippen molar-refractivity contribution in [3.63, 3.8) is 0 Å². The van der Waals surface area contributed by atoms with Crippen LogP contribution in [-0.2, 0) is 4.79 Å². The molecule has 146 valence electrons. The van der Waals surface area contributed by atoms with Crippen molar-refractivity contribution in [3.8, 4) is 0 Å². The minimum atomic E-state index is -0.242. The number of carbonyl (C=O) groups excluding carboxylic acids is 1. The van der Waals surface area contributed by atoms with Gasteiger partial charge < -0.3 is 5.32 Å². The Hall–Kier alpha value is -2.45. The third-order valence-corrected chi connectivity index (χ3v) is 5.96. The Kier molecular flexibility index (Phi) is 6.00. The number of nitrogens with zero attached hydrogens (tertiary/aromatic N) is 3. The van der Waals surface area contributed by atoms with Gasteiger partial charge in [-0.05, 0) is 38.0 Å². The molecule has 0 aromatic carbocycles. The molecule has 2 aromatic rings. The first-order valence-corrected chi connectivity index (χ1v) is 10.2. The quantitative estimate of drug-likeness (QED) is 0.443. The number of aryl methyl sites for hydroxylation is 1. The number of fused-ring (bicyclic) bond motifs is 1. The third-order valence-electron chi connectivity index (χ3n) is 4.63. The molecule has 0 radical (unpaired) electrons. The normalized spacial score (nSPS) is 16.8. The maximum Gasteiger partial charge on any atom is 0.267 e. The number of thiocarbonyl (C=S) groups is 1. The van der Waals surface area contributed by atoms with E-state index in [4.69, 9.17) is 12.2 Å². The molecular weight excluding hydrogens is 392 g/mol. The molecule has 0 spiro atoms. The van der Waals surface area contributed by atoms with Crippen molar-refractivity contribution >= 4 is 51.7 Å². The van der Waals surface area contributed by atoms with E-state index in [1.165, 1.54) is 16.2 Å². The van der Waals surface area contributed by atoms with Gasteiger partial charge in [0.05, 0.1) is 10.5 Å². The summed E-state index contributed by atoms with van der Waals surface area (Å²) in [5.41, 5.74) is 1.54. The highest BCUT2D eigenvalue weighted by molar-refractivity contribution is 8.26. The summed E-state index contributed by atoms with van der Waals surface area (Å²) in [7, 11) is 0. The van der Waals surface area contributed by atoms with Crippen molar-refractivity contribution < 1.29 is 4.79 Å². The van der Waals surface area contributed by atoms with Crippen LogP contribution in [0.4, 0.5) is 5.82 Å². The molecule has 0 saturated carbocycles. The van der Waals surface area contributed by atoms with Gasteiger partial charge in [0, 0.05) is 18.8 Å². The van der Waals surface area contributed by atoms with Crippen LogP contribution in [0.25, 0.3) is 11.7 Å². The van der Waals surface area contributed by atoms with Crippen LogP contribution in [0, 0.1) is 6.92 Å².